The SMILES string of the molecule is CC(C)N(CCCCC(=O)O)Cc1cc(N)ccc1F. The second-order valence-electron chi connectivity index (χ2n) is 5.27. The Morgan fingerprint density at radius 2 is 2.10 bits per heavy atom. The van der Waals surface area contributed by atoms with Crippen molar-refractivity contribution < 1.29 is 14.3 Å². The van der Waals surface area contributed by atoms with Gasteiger partial charge in [0, 0.05) is 30.3 Å². The number of carboxylic acid groups (broad SMARTS) is 1. The highest BCUT2D eigenvalue weighted by Crippen LogP contribution is 2.16. The normalized spacial score (nSPS) is 11.2. The summed E-state index contributed by atoms with van der Waals surface area (Å²) in [4.78, 5) is 12.6. The van der Waals surface area contributed by atoms with Crippen LogP contribution in [0, 0.1) is 5.82 Å². The smallest absolute Gasteiger partial charge is 0.303 e. The summed E-state index contributed by atoms with van der Waals surface area (Å²) in [7, 11) is 0. The van der Waals surface area contributed by atoms with E-state index in [-0.39, 0.29) is 18.3 Å². The van der Waals surface area contributed by atoms with Crippen LogP contribution < -0.4 is 5.73 Å². The average Bonchev–Trinajstić information content (AvgIpc) is 2.36. The van der Waals surface area contributed by atoms with Gasteiger partial charge in [-0.05, 0) is 51.4 Å². The van der Waals surface area contributed by atoms with E-state index in [0.29, 0.717) is 24.2 Å². The van der Waals surface area contributed by atoms with Gasteiger partial charge in [0.25, 0.3) is 0 Å². The first-order chi connectivity index (χ1) is 9.40. The summed E-state index contributed by atoms with van der Waals surface area (Å²) in [6.45, 7) is 5.32. The topological polar surface area (TPSA) is 66.6 Å². The van der Waals surface area contributed by atoms with Crippen LogP contribution in [-0.4, -0.2) is 28.6 Å². The van der Waals surface area contributed by atoms with Gasteiger partial charge < -0.3 is 10.8 Å². The van der Waals surface area contributed by atoms with E-state index in [1.807, 2.05) is 13.8 Å². The molecule has 0 amide bonds. The van der Waals surface area contributed by atoms with E-state index in [1.54, 1.807) is 12.1 Å². The fourth-order valence-electron chi connectivity index (χ4n) is 2.05. The number of nitrogen functional groups attached to an aromatic ring is 1. The largest absolute Gasteiger partial charge is 0.481 e. The fraction of sp³-hybridized carbons (Fsp3) is 0.533. The molecule has 0 atom stereocenters. The Hall–Kier alpha value is -1.62. The predicted octanol–water partition coefficient (Wildman–Crippen LogP) is 2.87. The molecule has 0 bridgehead atoms. The van der Waals surface area contributed by atoms with E-state index in [9.17, 15) is 9.18 Å². The maximum absolute atomic E-state index is 13.7. The molecular formula is C15H23FN2O2. The molecule has 112 valence electrons. The lowest BCUT2D eigenvalue weighted by Gasteiger charge is -2.26. The van der Waals surface area contributed by atoms with Crippen molar-refractivity contribution in [3.63, 3.8) is 0 Å². The number of nitrogens with zero attached hydrogens (tertiary/aromatic N) is 1. The molecule has 1 aromatic rings. The zero-order valence-electron chi connectivity index (χ0n) is 12.1. The van der Waals surface area contributed by atoms with E-state index in [0.717, 1.165) is 13.0 Å². The van der Waals surface area contributed by atoms with Gasteiger partial charge in [-0.3, -0.25) is 9.69 Å². The van der Waals surface area contributed by atoms with Gasteiger partial charge in [-0.1, -0.05) is 0 Å². The number of unbranched alkanes of at least 4 members (excludes halogenated alkanes) is 1. The van der Waals surface area contributed by atoms with Crippen LogP contribution in [0.2, 0.25) is 0 Å². The second-order valence-corrected chi connectivity index (χ2v) is 5.27. The predicted molar refractivity (Wildman–Crippen MR) is 77.8 cm³/mol. The number of anilines is 1. The number of hydrogen-bond acceptors (Lipinski definition) is 3. The van der Waals surface area contributed by atoms with Gasteiger partial charge in [-0.2, -0.15) is 0 Å². The van der Waals surface area contributed by atoms with Crippen molar-refractivity contribution in [1.29, 1.82) is 0 Å². The molecule has 0 aliphatic carbocycles. The first-order valence-corrected chi connectivity index (χ1v) is 6.90. The lowest BCUT2D eigenvalue weighted by molar-refractivity contribution is -0.137. The molecule has 0 aliphatic rings. The Balaban J connectivity index is 2.58. The molecule has 20 heavy (non-hydrogen) atoms. The first-order valence-electron chi connectivity index (χ1n) is 6.90. The highest BCUT2D eigenvalue weighted by Gasteiger charge is 2.13. The molecular weight excluding hydrogens is 259 g/mol. The van der Waals surface area contributed by atoms with Crippen LogP contribution in [0.25, 0.3) is 0 Å². The highest BCUT2D eigenvalue weighted by molar-refractivity contribution is 5.66. The van der Waals surface area contributed by atoms with Crippen molar-refractivity contribution >= 4 is 11.7 Å². The summed E-state index contributed by atoms with van der Waals surface area (Å²) in [5, 5.41) is 8.61. The van der Waals surface area contributed by atoms with Crippen molar-refractivity contribution in [2.24, 2.45) is 0 Å². The van der Waals surface area contributed by atoms with Crippen LogP contribution in [0.15, 0.2) is 18.2 Å². The van der Waals surface area contributed by atoms with E-state index in [1.165, 1.54) is 6.07 Å². The van der Waals surface area contributed by atoms with Crippen molar-refractivity contribution in [2.75, 3.05) is 12.3 Å². The first kappa shape index (κ1) is 16.4. The summed E-state index contributed by atoms with van der Waals surface area (Å²) >= 11 is 0. The zero-order chi connectivity index (χ0) is 15.1. The number of halogens is 1. The Kier molecular flexibility index (Phi) is 6.45. The van der Waals surface area contributed by atoms with Crippen molar-refractivity contribution in [3.05, 3.63) is 29.6 Å². The molecule has 0 saturated heterocycles. The molecule has 5 heteroatoms. The molecule has 0 unspecified atom stereocenters. The molecule has 3 N–H and O–H groups in total. The van der Waals surface area contributed by atoms with Crippen molar-refractivity contribution in [1.82, 2.24) is 4.90 Å². The third kappa shape index (κ3) is 5.57. The van der Waals surface area contributed by atoms with Gasteiger partial charge in [0.2, 0.25) is 0 Å². The second kappa shape index (κ2) is 7.85. The maximum Gasteiger partial charge on any atom is 0.303 e. The molecule has 0 fully saturated rings. The Bertz CT molecular complexity index is 449. The third-order valence-electron chi connectivity index (χ3n) is 3.26. The monoisotopic (exact) mass is 282 g/mol. The minimum atomic E-state index is -0.775. The summed E-state index contributed by atoms with van der Waals surface area (Å²) in [5.41, 5.74) is 6.82. The lowest BCUT2D eigenvalue weighted by atomic mass is 10.1. The van der Waals surface area contributed by atoms with E-state index in [2.05, 4.69) is 4.90 Å². The molecule has 4 nitrogen and oxygen atoms in total. The Morgan fingerprint density at radius 3 is 2.70 bits per heavy atom. The van der Waals surface area contributed by atoms with E-state index < -0.39 is 5.97 Å². The van der Waals surface area contributed by atoms with E-state index in [4.69, 9.17) is 10.8 Å². The average molecular weight is 282 g/mol. The number of aliphatic carboxylic acids is 1. The Morgan fingerprint density at radius 1 is 1.40 bits per heavy atom. The Labute approximate surface area is 119 Å². The highest BCUT2D eigenvalue weighted by atomic mass is 19.1. The van der Waals surface area contributed by atoms with Gasteiger partial charge in [0.05, 0.1) is 0 Å². The van der Waals surface area contributed by atoms with Crippen LogP contribution in [0.1, 0.15) is 38.7 Å². The third-order valence-corrected chi connectivity index (χ3v) is 3.26. The van der Waals surface area contributed by atoms with Crippen LogP contribution >= 0.6 is 0 Å². The molecule has 0 spiro atoms. The van der Waals surface area contributed by atoms with Crippen LogP contribution in [-0.2, 0) is 11.3 Å². The van der Waals surface area contributed by atoms with Gasteiger partial charge in [0.15, 0.2) is 0 Å². The number of nitrogens with two attached hydrogens (primary N) is 1. The number of hydrogen-bond donors (Lipinski definition) is 2. The molecule has 1 rings (SSSR count). The minimum Gasteiger partial charge on any atom is -0.481 e. The number of carbonyl (C=O) groups is 1. The zero-order valence-corrected chi connectivity index (χ0v) is 12.1. The van der Waals surface area contributed by atoms with Gasteiger partial charge in [0.1, 0.15) is 5.82 Å². The molecule has 0 saturated carbocycles. The van der Waals surface area contributed by atoms with E-state index >= 15 is 0 Å². The van der Waals surface area contributed by atoms with Crippen LogP contribution in [0.3, 0.4) is 0 Å². The fourth-order valence-corrected chi connectivity index (χ4v) is 2.05. The summed E-state index contributed by atoms with van der Waals surface area (Å²) in [5.74, 6) is -1.03. The number of benzene rings is 1. The summed E-state index contributed by atoms with van der Waals surface area (Å²) in [6.07, 6.45) is 1.60. The lowest BCUT2D eigenvalue weighted by Crippen LogP contribution is -2.31. The van der Waals surface area contributed by atoms with Gasteiger partial charge in [-0.25, -0.2) is 4.39 Å². The van der Waals surface area contributed by atoms with Crippen LogP contribution in [0.5, 0.6) is 0 Å². The van der Waals surface area contributed by atoms with Crippen molar-refractivity contribution in [3.8, 4) is 0 Å². The summed E-state index contributed by atoms with van der Waals surface area (Å²) < 4.78 is 13.7. The van der Waals surface area contributed by atoms with Crippen LogP contribution in [0.4, 0.5) is 10.1 Å². The molecule has 0 heterocycles. The molecule has 0 radical (unpaired) electrons. The molecule has 1 aromatic carbocycles. The van der Waals surface area contributed by atoms with Gasteiger partial charge in [-0.15, -0.1) is 0 Å². The number of rotatable bonds is 8. The standard InChI is InChI=1S/C15H23FN2O2/c1-11(2)18(8-4-3-5-15(19)20)10-12-9-13(17)6-7-14(12)16/h6-7,9,11H,3-5,8,10,17H2,1-2H3,(H,19,20). The molecule has 0 aliphatic heterocycles. The maximum atomic E-state index is 13.7. The minimum absolute atomic E-state index is 0.179. The quantitative estimate of drug-likeness (QED) is 0.568. The molecule has 0 aromatic heterocycles. The van der Waals surface area contributed by atoms with Crippen molar-refractivity contribution in [2.45, 2.75) is 45.7 Å². The summed E-state index contributed by atoms with van der Waals surface area (Å²) in [6, 6.07) is 4.85. The van der Waals surface area contributed by atoms with Gasteiger partial charge >= 0.3 is 5.97 Å². The number of carboxylic acids is 1.